The third kappa shape index (κ3) is 4.47. The van der Waals surface area contributed by atoms with Gasteiger partial charge in [-0.05, 0) is 30.4 Å². The Kier molecular flexibility index (Phi) is 6.05. The molecule has 2 aromatic rings. The highest BCUT2D eigenvalue weighted by molar-refractivity contribution is 5.83. The number of carbonyl (C=O) groups is 1. The maximum absolute atomic E-state index is 12.9. The van der Waals surface area contributed by atoms with Gasteiger partial charge in [0.2, 0.25) is 5.91 Å². The fourth-order valence-corrected chi connectivity index (χ4v) is 3.58. The van der Waals surface area contributed by atoms with Crippen molar-refractivity contribution < 1.29 is 4.79 Å². The number of nitrogens with one attached hydrogen (secondary N) is 1. The predicted octanol–water partition coefficient (Wildman–Crippen LogP) is 3.95. The third-order valence-corrected chi connectivity index (χ3v) is 4.94. The summed E-state index contributed by atoms with van der Waals surface area (Å²) in [4.78, 5) is 12.9. The van der Waals surface area contributed by atoms with Crippen molar-refractivity contribution in [3.05, 3.63) is 54.4 Å². The molecule has 1 aliphatic rings. The van der Waals surface area contributed by atoms with Crippen LogP contribution in [0, 0.1) is 5.92 Å². The molecule has 128 valence electrons. The average molecular weight is 325 g/mol. The van der Waals surface area contributed by atoms with Gasteiger partial charge in [0, 0.05) is 18.9 Å². The Morgan fingerprint density at radius 2 is 1.79 bits per heavy atom. The highest BCUT2D eigenvalue weighted by Crippen LogP contribution is 2.22. The van der Waals surface area contributed by atoms with Crippen molar-refractivity contribution >= 4 is 5.91 Å². The van der Waals surface area contributed by atoms with E-state index in [0.717, 1.165) is 12.1 Å². The molecule has 0 unspecified atom stereocenters. The topological polar surface area (TPSA) is 46.9 Å². The molecular weight excluding hydrogens is 298 g/mol. The van der Waals surface area contributed by atoms with Gasteiger partial charge >= 0.3 is 0 Å². The lowest BCUT2D eigenvalue weighted by Crippen LogP contribution is -2.36. The Balaban J connectivity index is 1.65. The van der Waals surface area contributed by atoms with Gasteiger partial charge in [0.15, 0.2) is 6.04 Å². The van der Waals surface area contributed by atoms with E-state index in [2.05, 4.69) is 10.4 Å². The molecule has 1 aromatic carbocycles. The van der Waals surface area contributed by atoms with E-state index in [-0.39, 0.29) is 5.91 Å². The molecule has 24 heavy (non-hydrogen) atoms. The number of hydrogen-bond acceptors (Lipinski definition) is 2. The van der Waals surface area contributed by atoms with E-state index in [1.807, 2.05) is 42.6 Å². The Hall–Kier alpha value is -2.10. The highest BCUT2D eigenvalue weighted by atomic mass is 16.2. The van der Waals surface area contributed by atoms with Gasteiger partial charge in [-0.1, -0.05) is 62.4 Å². The molecule has 0 radical (unpaired) electrons. The monoisotopic (exact) mass is 325 g/mol. The van der Waals surface area contributed by atoms with Gasteiger partial charge in [0.1, 0.15) is 0 Å². The van der Waals surface area contributed by atoms with Gasteiger partial charge in [0.05, 0.1) is 0 Å². The molecule has 0 bridgehead atoms. The summed E-state index contributed by atoms with van der Waals surface area (Å²) in [6, 6.07) is 11.3. The minimum Gasteiger partial charge on any atom is -0.354 e. The zero-order chi connectivity index (χ0) is 16.6. The summed E-state index contributed by atoms with van der Waals surface area (Å²) in [6.07, 6.45) is 12.7. The zero-order valence-corrected chi connectivity index (χ0v) is 14.2. The fourth-order valence-electron chi connectivity index (χ4n) is 3.58. The fraction of sp³-hybridized carbons (Fsp3) is 0.500. The molecule has 0 aliphatic heterocycles. The second kappa shape index (κ2) is 8.67. The van der Waals surface area contributed by atoms with Gasteiger partial charge in [-0.2, -0.15) is 5.10 Å². The van der Waals surface area contributed by atoms with Crippen molar-refractivity contribution in [1.29, 1.82) is 0 Å². The van der Waals surface area contributed by atoms with E-state index in [1.165, 1.54) is 44.9 Å². The lowest BCUT2D eigenvalue weighted by atomic mass is 9.91. The van der Waals surface area contributed by atoms with E-state index in [1.54, 1.807) is 10.9 Å². The number of aromatic nitrogens is 2. The van der Waals surface area contributed by atoms with Gasteiger partial charge in [-0.3, -0.25) is 9.48 Å². The largest absolute Gasteiger partial charge is 0.354 e. The smallest absolute Gasteiger partial charge is 0.249 e. The number of amides is 1. The molecule has 1 amide bonds. The Bertz CT molecular complexity index is 601. The molecule has 3 rings (SSSR count). The predicted molar refractivity (Wildman–Crippen MR) is 95.6 cm³/mol. The van der Waals surface area contributed by atoms with Crippen molar-refractivity contribution in [3.63, 3.8) is 0 Å². The lowest BCUT2D eigenvalue weighted by molar-refractivity contribution is -0.123. The molecule has 4 heteroatoms. The van der Waals surface area contributed by atoms with Crippen LogP contribution in [0.3, 0.4) is 0 Å². The first-order chi connectivity index (χ1) is 11.8. The molecule has 1 heterocycles. The SMILES string of the molecule is O=C(NCC1CCCCCCC1)[C@H](c1ccccc1)n1cccn1. The minimum absolute atomic E-state index is 0.0342. The number of benzene rings is 1. The molecule has 1 fully saturated rings. The van der Waals surface area contributed by atoms with Gasteiger partial charge < -0.3 is 5.32 Å². The van der Waals surface area contributed by atoms with Crippen LogP contribution in [0.2, 0.25) is 0 Å². The van der Waals surface area contributed by atoms with E-state index >= 15 is 0 Å². The second-order valence-electron chi connectivity index (χ2n) is 6.76. The maximum Gasteiger partial charge on any atom is 0.249 e. The van der Waals surface area contributed by atoms with Crippen molar-refractivity contribution in [1.82, 2.24) is 15.1 Å². The molecule has 0 saturated heterocycles. The summed E-state index contributed by atoms with van der Waals surface area (Å²) in [6.45, 7) is 0.781. The van der Waals surface area contributed by atoms with Crippen molar-refractivity contribution in [2.45, 2.75) is 51.0 Å². The zero-order valence-electron chi connectivity index (χ0n) is 14.2. The quantitative estimate of drug-likeness (QED) is 0.905. The minimum atomic E-state index is -0.394. The first-order valence-electron chi connectivity index (χ1n) is 9.16. The van der Waals surface area contributed by atoms with Crippen LogP contribution in [0.5, 0.6) is 0 Å². The summed E-state index contributed by atoms with van der Waals surface area (Å²) in [7, 11) is 0. The molecule has 1 aliphatic carbocycles. The summed E-state index contributed by atoms with van der Waals surface area (Å²) in [5.74, 6) is 0.648. The first-order valence-corrected chi connectivity index (χ1v) is 9.16. The van der Waals surface area contributed by atoms with Crippen LogP contribution in [-0.2, 0) is 4.79 Å². The Morgan fingerprint density at radius 1 is 1.08 bits per heavy atom. The second-order valence-corrected chi connectivity index (χ2v) is 6.76. The summed E-state index contributed by atoms with van der Waals surface area (Å²) in [5, 5.41) is 7.48. The van der Waals surface area contributed by atoms with Crippen LogP contribution < -0.4 is 5.32 Å². The van der Waals surface area contributed by atoms with Crippen LogP contribution >= 0.6 is 0 Å². The lowest BCUT2D eigenvalue weighted by Gasteiger charge is -2.22. The van der Waals surface area contributed by atoms with Crippen LogP contribution in [0.1, 0.15) is 56.6 Å². The Morgan fingerprint density at radius 3 is 2.46 bits per heavy atom. The van der Waals surface area contributed by atoms with E-state index in [9.17, 15) is 4.79 Å². The number of carbonyl (C=O) groups excluding carboxylic acids is 1. The average Bonchev–Trinajstić information content (AvgIpc) is 3.09. The number of rotatable bonds is 5. The highest BCUT2D eigenvalue weighted by Gasteiger charge is 2.23. The molecule has 0 spiro atoms. The van der Waals surface area contributed by atoms with Crippen LogP contribution in [0.15, 0.2) is 48.8 Å². The molecule has 1 aromatic heterocycles. The summed E-state index contributed by atoms with van der Waals surface area (Å²) in [5.41, 5.74) is 0.969. The van der Waals surface area contributed by atoms with Crippen LogP contribution in [0.4, 0.5) is 0 Å². The molecule has 4 nitrogen and oxygen atoms in total. The van der Waals surface area contributed by atoms with E-state index in [4.69, 9.17) is 0 Å². The van der Waals surface area contributed by atoms with Crippen LogP contribution in [0.25, 0.3) is 0 Å². The van der Waals surface area contributed by atoms with E-state index in [0.29, 0.717) is 5.92 Å². The van der Waals surface area contributed by atoms with E-state index < -0.39 is 6.04 Å². The normalized spacial score (nSPS) is 17.7. The number of hydrogen-bond donors (Lipinski definition) is 1. The van der Waals surface area contributed by atoms with Crippen molar-refractivity contribution in [3.8, 4) is 0 Å². The number of nitrogens with zero attached hydrogens (tertiary/aromatic N) is 2. The summed E-state index contributed by atoms with van der Waals surface area (Å²) < 4.78 is 1.74. The molecular formula is C20H27N3O. The Labute approximate surface area is 144 Å². The van der Waals surface area contributed by atoms with Crippen molar-refractivity contribution in [2.75, 3.05) is 6.54 Å². The standard InChI is InChI=1S/C20H27N3O/c24-20(21-16-17-10-5-2-1-3-6-11-17)19(23-15-9-14-22-23)18-12-7-4-8-13-18/h4,7-9,12-15,17,19H,1-3,5-6,10-11,16H2,(H,21,24)/t19-/m0/s1. The van der Waals surface area contributed by atoms with Crippen molar-refractivity contribution in [2.24, 2.45) is 5.92 Å². The van der Waals surface area contributed by atoms with Gasteiger partial charge in [-0.15, -0.1) is 0 Å². The maximum atomic E-state index is 12.9. The molecule has 1 N–H and O–H groups in total. The third-order valence-electron chi connectivity index (χ3n) is 4.94. The van der Waals surface area contributed by atoms with Gasteiger partial charge in [0.25, 0.3) is 0 Å². The molecule has 1 saturated carbocycles. The first kappa shape index (κ1) is 16.7. The van der Waals surface area contributed by atoms with Crippen LogP contribution in [-0.4, -0.2) is 22.2 Å². The molecule has 1 atom stereocenters. The summed E-state index contributed by atoms with van der Waals surface area (Å²) >= 11 is 0. The van der Waals surface area contributed by atoms with Gasteiger partial charge in [-0.25, -0.2) is 0 Å².